The van der Waals surface area contributed by atoms with Crippen LogP contribution >= 0.6 is 0 Å². The number of esters is 1. The highest BCUT2D eigenvalue weighted by molar-refractivity contribution is 6.21. The summed E-state index contributed by atoms with van der Waals surface area (Å²) in [6.07, 6.45) is -0.109. The maximum atomic E-state index is 12.2. The fourth-order valence-corrected chi connectivity index (χ4v) is 2.57. The SMILES string of the molecule is CCOC(=O)CC(=O)CCOCCOCCN1C(=O)c2ccccc2C1=O. The molecule has 0 aromatic heterocycles. The van der Waals surface area contributed by atoms with Crippen molar-refractivity contribution in [3.8, 4) is 0 Å². The molecular weight excluding hydrogens is 354 g/mol. The van der Waals surface area contributed by atoms with Crippen molar-refractivity contribution in [2.45, 2.75) is 19.8 Å². The van der Waals surface area contributed by atoms with Crippen LogP contribution in [0, 0.1) is 0 Å². The first-order valence-electron chi connectivity index (χ1n) is 8.82. The van der Waals surface area contributed by atoms with Gasteiger partial charge in [-0.3, -0.25) is 24.1 Å². The fraction of sp³-hybridized carbons (Fsp3) is 0.474. The Kier molecular flexibility index (Phi) is 8.09. The van der Waals surface area contributed by atoms with E-state index >= 15 is 0 Å². The van der Waals surface area contributed by atoms with E-state index in [1.54, 1.807) is 31.2 Å². The molecule has 0 aliphatic carbocycles. The third-order valence-electron chi connectivity index (χ3n) is 3.88. The molecule has 1 aromatic rings. The monoisotopic (exact) mass is 377 g/mol. The topological polar surface area (TPSA) is 99.2 Å². The predicted molar refractivity (Wildman–Crippen MR) is 94.3 cm³/mol. The molecule has 0 radical (unpaired) electrons. The van der Waals surface area contributed by atoms with Crippen molar-refractivity contribution in [2.24, 2.45) is 0 Å². The number of carbonyl (C=O) groups is 4. The molecule has 2 amide bonds. The van der Waals surface area contributed by atoms with Gasteiger partial charge in [0.1, 0.15) is 12.2 Å². The summed E-state index contributed by atoms with van der Waals surface area (Å²) in [5.74, 6) is -1.38. The van der Waals surface area contributed by atoms with E-state index in [9.17, 15) is 19.2 Å². The normalized spacial score (nSPS) is 13.0. The van der Waals surface area contributed by atoms with Crippen LogP contribution in [0.5, 0.6) is 0 Å². The number of ketones is 1. The summed E-state index contributed by atoms with van der Waals surface area (Å²) in [6, 6.07) is 6.71. The molecule has 8 heteroatoms. The van der Waals surface area contributed by atoms with Crippen molar-refractivity contribution in [3.63, 3.8) is 0 Å². The van der Waals surface area contributed by atoms with Crippen molar-refractivity contribution in [2.75, 3.05) is 39.6 Å². The standard InChI is InChI=1S/C19H23NO7/c1-2-27-17(22)13-14(21)7-9-25-11-12-26-10-8-20-18(23)15-5-3-4-6-16(15)19(20)24/h3-6H,2,7-13H2,1H3. The van der Waals surface area contributed by atoms with Crippen molar-refractivity contribution in [3.05, 3.63) is 35.4 Å². The van der Waals surface area contributed by atoms with Gasteiger partial charge in [0.15, 0.2) is 0 Å². The van der Waals surface area contributed by atoms with E-state index in [-0.39, 0.29) is 70.0 Å². The first-order chi connectivity index (χ1) is 13.0. The van der Waals surface area contributed by atoms with Crippen LogP contribution in [-0.2, 0) is 23.8 Å². The molecule has 1 heterocycles. The van der Waals surface area contributed by atoms with Gasteiger partial charge in [-0.2, -0.15) is 0 Å². The van der Waals surface area contributed by atoms with Gasteiger partial charge in [-0.05, 0) is 19.1 Å². The Morgan fingerprint density at radius 2 is 1.52 bits per heavy atom. The molecule has 0 atom stereocenters. The minimum Gasteiger partial charge on any atom is -0.466 e. The molecule has 0 bridgehead atoms. The average Bonchev–Trinajstić information content (AvgIpc) is 2.89. The molecule has 0 spiro atoms. The molecule has 1 aliphatic rings. The number of nitrogens with zero attached hydrogens (tertiary/aromatic N) is 1. The largest absolute Gasteiger partial charge is 0.466 e. The lowest BCUT2D eigenvalue weighted by Crippen LogP contribution is -2.33. The van der Waals surface area contributed by atoms with Crippen LogP contribution in [0.25, 0.3) is 0 Å². The van der Waals surface area contributed by atoms with E-state index < -0.39 is 5.97 Å². The lowest BCUT2D eigenvalue weighted by Gasteiger charge is -2.13. The zero-order chi connectivity index (χ0) is 19.6. The summed E-state index contributed by atoms with van der Waals surface area (Å²) in [5.41, 5.74) is 0.830. The highest BCUT2D eigenvalue weighted by atomic mass is 16.5. The molecule has 0 N–H and O–H groups in total. The summed E-state index contributed by atoms with van der Waals surface area (Å²) in [7, 11) is 0. The number of benzene rings is 1. The van der Waals surface area contributed by atoms with Gasteiger partial charge in [-0.15, -0.1) is 0 Å². The Hall–Kier alpha value is -2.58. The lowest BCUT2D eigenvalue weighted by molar-refractivity contribution is -0.145. The second kappa shape index (κ2) is 10.5. The maximum absolute atomic E-state index is 12.2. The van der Waals surface area contributed by atoms with E-state index in [2.05, 4.69) is 4.74 Å². The highest BCUT2D eigenvalue weighted by Gasteiger charge is 2.34. The lowest BCUT2D eigenvalue weighted by atomic mass is 10.1. The van der Waals surface area contributed by atoms with Crippen LogP contribution in [0.1, 0.15) is 40.5 Å². The molecule has 146 valence electrons. The molecule has 2 rings (SSSR count). The number of fused-ring (bicyclic) bond motifs is 1. The molecule has 27 heavy (non-hydrogen) atoms. The van der Waals surface area contributed by atoms with Crippen LogP contribution < -0.4 is 0 Å². The van der Waals surface area contributed by atoms with E-state index in [1.807, 2.05) is 0 Å². The van der Waals surface area contributed by atoms with Gasteiger partial charge in [-0.1, -0.05) is 12.1 Å². The second-order valence-corrected chi connectivity index (χ2v) is 5.80. The summed E-state index contributed by atoms with van der Waals surface area (Å²) in [4.78, 5) is 48.1. The average molecular weight is 377 g/mol. The number of amides is 2. The van der Waals surface area contributed by atoms with Gasteiger partial charge in [0, 0.05) is 6.42 Å². The van der Waals surface area contributed by atoms with Gasteiger partial charge in [-0.25, -0.2) is 0 Å². The Bertz CT molecular complexity index is 666. The van der Waals surface area contributed by atoms with Crippen LogP contribution in [0.2, 0.25) is 0 Å². The van der Waals surface area contributed by atoms with Crippen LogP contribution in [-0.4, -0.2) is 68.0 Å². The third kappa shape index (κ3) is 5.97. The van der Waals surface area contributed by atoms with Gasteiger partial charge in [0.05, 0.1) is 50.7 Å². The Balaban J connectivity index is 1.53. The van der Waals surface area contributed by atoms with Crippen molar-refractivity contribution in [1.82, 2.24) is 4.90 Å². The van der Waals surface area contributed by atoms with Crippen molar-refractivity contribution >= 4 is 23.6 Å². The molecule has 0 unspecified atom stereocenters. The first kappa shape index (κ1) is 20.7. The summed E-state index contributed by atoms with van der Waals surface area (Å²) in [5, 5.41) is 0. The molecule has 0 fully saturated rings. The molecule has 1 aliphatic heterocycles. The molecule has 0 saturated carbocycles. The molecule has 1 aromatic carbocycles. The highest BCUT2D eigenvalue weighted by Crippen LogP contribution is 2.21. The number of carbonyl (C=O) groups excluding carboxylic acids is 4. The summed E-state index contributed by atoms with van der Waals surface area (Å²) >= 11 is 0. The first-order valence-corrected chi connectivity index (χ1v) is 8.82. The van der Waals surface area contributed by atoms with E-state index in [4.69, 9.17) is 9.47 Å². The van der Waals surface area contributed by atoms with Gasteiger partial charge < -0.3 is 14.2 Å². The summed E-state index contributed by atoms with van der Waals surface area (Å²) < 4.78 is 15.3. The van der Waals surface area contributed by atoms with E-state index in [0.29, 0.717) is 11.1 Å². The minimum absolute atomic E-state index is 0.133. The van der Waals surface area contributed by atoms with Crippen LogP contribution in [0.4, 0.5) is 0 Å². The maximum Gasteiger partial charge on any atom is 0.313 e. The molecule has 8 nitrogen and oxygen atoms in total. The van der Waals surface area contributed by atoms with Gasteiger partial charge in [0.2, 0.25) is 0 Å². The van der Waals surface area contributed by atoms with Gasteiger partial charge in [0.25, 0.3) is 11.8 Å². The number of rotatable bonds is 12. The van der Waals surface area contributed by atoms with Crippen LogP contribution in [0.15, 0.2) is 24.3 Å². The minimum atomic E-state index is -0.529. The van der Waals surface area contributed by atoms with E-state index in [1.165, 1.54) is 4.90 Å². The number of hydrogen-bond donors (Lipinski definition) is 0. The fourth-order valence-electron chi connectivity index (χ4n) is 2.57. The zero-order valence-electron chi connectivity index (χ0n) is 15.3. The Labute approximate surface area is 157 Å². The second-order valence-electron chi connectivity index (χ2n) is 5.80. The zero-order valence-corrected chi connectivity index (χ0v) is 15.3. The van der Waals surface area contributed by atoms with Crippen LogP contribution in [0.3, 0.4) is 0 Å². The van der Waals surface area contributed by atoms with Crippen molar-refractivity contribution in [1.29, 1.82) is 0 Å². The number of hydrogen-bond acceptors (Lipinski definition) is 7. The molecular formula is C19H23NO7. The number of ether oxygens (including phenoxy) is 3. The third-order valence-corrected chi connectivity index (χ3v) is 3.88. The van der Waals surface area contributed by atoms with E-state index in [0.717, 1.165) is 0 Å². The number of imide groups is 1. The predicted octanol–water partition coefficient (Wildman–Crippen LogP) is 1.23. The van der Waals surface area contributed by atoms with Gasteiger partial charge >= 0.3 is 5.97 Å². The Morgan fingerprint density at radius 3 is 2.11 bits per heavy atom. The molecule has 0 saturated heterocycles. The smallest absolute Gasteiger partial charge is 0.313 e. The Morgan fingerprint density at radius 1 is 0.926 bits per heavy atom. The number of Topliss-reactive ketones (excluding diaryl/α,β-unsaturated/α-hetero) is 1. The van der Waals surface area contributed by atoms with Crippen molar-refractivity contribution < 1.29 is 33.4 Å². The quantitative estimate of drug-likeness (QED) is 0.234. The summed E-state index contributed by atoms with van der Waals surface area (Å²) in [6.45, 7) is 3.05.